The van der Waals surface area contributed by atoms with Gasteiger partial charge < -0.3 is 0 Å². The number of carbonyl (C=O) groups is 2. The lowest BCUT2D eigenvalue weighted by molar-refractivity contribution is -0.384. The molecular weight excluding hydrogens is 388 g/mol. The van der Waals surface area contributed by atoms with E-state index in [1.807, 2.05) is 26.0 Å². The van der Waals surface area contributed by atoms with Crippen molar-refractivity contribution in [2.24, 2.45) is 23.7 Å². The van der Waals surface area contributed by atoms with E-state index in [9.17, 15) is 19.7 Å². The fourth-order valence-electron chi connectivity index (χ4n) is 4.46. The number of nitro benzene ring substituents is 1. The van der Waals surface area contributed by atoms with Gasteiger partial charge in [0.15, 0.2) is 0 Å². The first-order valence-electron chi connectivity index (χ1n) is 8.00. The molecule has 1 saturated carbocycles. The Morgan fingerprint density at radius 2 is 1.68 bits per heavy atom. The zero-order chi connectivity index (χ0) is 18.0. The van der Waals surface area contributed by atoms with E-state index >= 15 is 0 Å². The minimum absolute atomic E-state index is 0.0155. The molecule has 1 aromatic carbocycles. The van der Waals surface area contributed by atoms with Crippen LogP contribution < -0.4 is 4.90 Å². The molecule has 2 aliphatic carbocycles. The van der Waals surface area contributed by atoms with E-state index in [2.05, 4.69) is 15.9 Å². The van der Waals surface area contributed by atoms with Gasteiger partial charge in [-0.1, -0.05) is 23.3 Å². The Bertz CT molecular complexity index is 866. The molecule has 2 fully saturated rings. The molecule has 1 aromatic rings. The van der Waals surface area contributed by atoms with Crippen LogP contribution in [0.25, 0.3) is 0 Å². The number of benzene rings is 1. The Kier molecular flexibility index (Phi) is 3.47. The van der Waals surface area contributed by atoms with Crippen molar-refractivity contribution in [3.63, 3.8) is 0 Å². The lowest BCUT2D eigenvalue weighted by Gasteiger charge is -2.20. The van der Waals surface area contributed by atoms with Crippen LogP contribution in [0.4, 0.5) is 11.4 Å². The summed E-state index contributed by atoms with van der Waals surface area (Å²) in [6.45, 7) is 4.03. The van der Waals surface area contributed by atoms with Crippen molar-refractivity contribution in [2.45, 2.75) is 13.8 Å². The molecule has 1 aliphatic heterocycles. The van der Waals surface area contributed by atoms with Crippen LogP contribution in [-0.4, -0.2) is 16.7 Å². The predicted molar refractivity (Wildman–Crippen MR) is 94.8 cm³/mol. The number of fused-ring (bicyclic) bond motifs is 5. The molecule has 4 atom stereocenters. The van der Waals surface area contributed by atoms with Gasteiger partial charge in [-0.2, -0.15) is 0 Å². The number of nitro groups is 1. The van der Waals surface area contributed by atoms with Crippen molar-refractivity contribution in [1.82, 2.24) is 0 Å². The van der Waals surface area contributed by atoms with Crippen LogP contribution in [0.5, 0.6) is 0 Å². The minimum Gasteiger partial charge on any atom is -0.274 e. The Morgan fingerprint density at radius 1 is 1.12 bits per heavy atom. The number of non-ortho nitro benzene ring substituents is 1. The lowest BCUT2D eigenvalue weighted by atomic mass is 9.85. The zero-order valence-electron chi connectivity index (χ0n) is 13.6. The standard InChI is InChI=1S/C18H15BrN2O4/c1-8(2)14-10-4-5-11(14)16-15(10)17(22)20(18(16)23)13-6-3-9(21(24)25)7-12(13)19/h3-7,10-11,15-16H,1-2H3/t10-,11-,15+,16+/m0/s1. The molecule has 0 aromatic heterocycles. The van der Waals surface area contributed by atoms with Gasteiger partial charge in [-0.25, -0.2) is 4.90 Å². The van der Waals surface area contributed by atoms with Gasteiger partial charge in [-0.15, -0.1) is 0 Å². The predicted octanol–water partition coefficient (Wildman–Crippen LogP) is 3.62. The second-order valence-corrected chi connectivity index (χ2v) is 7.70. The van der Waals surface area contributed by atoms with Crippen LogP contribution in [0.1, 0.15) is 13.8 Å². The van der Waals surface area contributed by atoms with Gasteiger partial charge in [-0.3, -0.25) is 19.7 Å². The summed E-state index contributed by atoms with van der Waals surface area (Å²) in [7, 11) is 0. The summed E-state index contributed by atoms with van der Waals surface area (Å²) in [6, 6.07) is 4.08. The molecule has 1 heterocycles. The summed E-state index contributed by atoms with van der Waals surface area (Å²) in [5.41, 5.74) is 2.63. The summed E-state index contributed by atoms with van der Waals surface area (Å²) in [6.07, 6.45) is 4.07. The topological polar surface area (TPSA) is 80.5 Å². The van der Waals surface area contributed by atoms with Crippen LogP contribution in [0, 0.1) is 33.8 Å². The molecule has 0 unspecified atom stereocenters. The molecule has 3 aliphatic rings. The molecule has 4 rings (SSSR count). The summed E-state index contributed by atoms with van der Waals surface area (Å²) in [4.78, 5) is 37.6. The molecule has 6 nitrogen and oxygen atoms in total. The van der Waals surface area contributed by atoms with Crippen molar-refractivity contribution in [2.75, 3.05) is 4.90 Å². The van der Waals surface area contributed by atoms with Gasteiger partial charge in [0.05, 0.1) is 22.4 Å². The molecule has 0 radical (unpaired) electrons. The van der Waals surface area contributed by atoms with Crippen LogP contribution in [0.2, 0.25) is 0 Å². The number of carbonyl (C=O) groups excluding carboxylic acids is 2. The highest BCUT2D eigenvalue weighted by Gasteiger charge is 2.62. The van der Waals surface area contributed by atoms with Gasteiger partial charge in [0, 0.05) is 28.4 Å². The van der Waals surface area contributed by atoms with Gasteiger partial charge in [-0.05, 0) is 35.8 Å². The van der Waals surface area contributed by atoms with E-state index in [0.717, 1.165) is 5.57 Å². The smallest absolute Gasteiger partial charge is 0.270 e. The van der Waals surface area contributed by atoms with Gasteiger partial charge in [0.25, 0.3) is 5.69 Å². The second-order valence-electron chi connectivity index (χ2n) is 6.85. The van der Waals surface area contributed by atoms with E-state index in [1.165, 1.54) is 28.7 Å². The highest BCUT2D eigenvalue weighted by atomic mass is 79.9. The summed E-state index contributed by atoms with van der Waals surface area (Å²) >= 11 is 3.27. The highest BCUT2D eigenvalue weighted by molar-refractivity contribution is 9.10. The van der Waals surface area contributed by atoms with Crippen molar-refractivity contribution < 1.29 is 14.5 Å². The fourth-order valence-corrected chi connectivity index (χ4v) is 5.00. The highest BCUT2D eigenvalue weighted by Crippen LogP contribution is 2.57. The van der Waals surface area contributed by atoms with Crippen molar-refractivity contribution >= 4 is 39.1 Å². The number of nitrogens with zero attached hydrogens (tertiary/aromatic N) is 2. The molecule has 2 amide bonds. The minimum atomic E-state index is -0.512. The average Bonchev–Trinajstić information content (AvgIpc) is 3.18. The van der Waals surface area contributed by atoms with E-state index in [-0.39, 0.29) is 41.2 Å². The van der Waals surface area contributed by atoms with E-state index < -0.39 is 4.92 Å². The molecule has 0 spiro atoms. The number of anilines is 1. The quantitative estimate of drug-likeness (QED) is 0.327. The largest absolute Gasteiger partial charge is 0.274 e. The molecule has 7 heteroatoms. The number of halogens is 1. The maximum Gasteiger partial charge on any atom is 0.270 e. The summed E-state index contributed by atoms with van der Waals surface area (Å²) < 4.78 is 0.367. The Balaban J connectivity index is 1.75. The Labute approximate surface area is 152 Å². The number of rotatable bonds is 2. The molecule has 128 valence electrons. The Morgan fingerprint density at radius 3 is 2.12 bits per heavy atom. The van der Waals surface area contributed by atoms with E-state index in [4.69, 9.17) is 0 Å². The number of imide groups is 1. The third-order valence-electron chi connectivity index (χ3n) is 5.38. The number of allylic oxidation sites excluding steroid dienone is 4. The number of amides is 2. The van der Waals surface area contributed by atoms with Crippen LogP contribution in [0.15, 0.2) is 46.0 Å². The molecular formula is C18H15BrN2O4. The average molecular weight is 403 g/mol. The van der Waals surface area contributed by atoms with Crippen molar-refractivity contribution in [3.8, 4) is 0 Å². The Hall–Kier alpha value is -2.28. The van der Waals surface area contributed by atoms with Gasteiger partial charge in [0.1, 0.15) is 0 Å². The molecule has 1 saturated heterocycles. The van der Waals surface area contributed by atoms with Crippen LogP contribution in [0.3, 0.4) is 0 Å². The number of hydrogen-bond donors (Lipinski definition) is 0. The SMILES string of the molecule is CC(C)=C1[C@@H]2C=C[C@@H]1[C@H]1C(=O)N(c3ccc([N+](=O)[O-])cc3Br)C(=O)[C@@H]12. The normalized spacial score (nSPS) is 29.6. The molecule has 25 heavy (non-hydrogen) atoms. The maximum absolute atomic E-state index is 13.0. The molecule has 2 bridgehead atoms. The van der Waals surface area contributed by atoms with E-state index in [0.29, 0.717) is 10.2 Å². The van der Waals surface area contributed by atoms with Crippen molar-refractivity contribution in [1.29, 1.82) is 0 Å². The van der Waals surface area contributed by atoms with Gasteiger partial charge >= 0.3 is 0 Å². The first-order chi connectivity index (χ1) is 11.8. The third-order valence-corrected chi connectivity index (χ3v) is 6.01. The van der Waals surface area contributed by atoms with E-state index in [1.54, 1.807) is 0 Å². The van der Waals surface area contributed by atoms with Gasteiger partial charge in [0.2, 0.25) is 11.8 Å². The third kappa shape index (κ3) is 2.08. The lowest BCUT2D eigenvalue weighted by Crippen LogP contribution is -2.33. The summed E-state index contributed by atoms with van der Waals surface area (Å²) in [5.74, 6) is -1.21. The summed E-state index contributed by atoms with van der Waals surface area (Å²) in [5, 5.41) is 10.9. The van der Waals surface area contributed by atoms with Crippen molar-refractivity contribution in [3.05, 3.63) is 56.1 Å². The second kappa shape index (κ2) is 5.36. The maximum atomic E-state index is 13.0. The van der Waals surface area contributed by atoms with Crippen LogP contribution >= 0.6 is 15.9 Å². The van der Waals surface area contributed by atoms with Crippen LogP contribution in [-0.2, 0) is 9.59 Å². The first-order valence-corrected chi connectivity index (χ1v) is 8.79. The zero-order valence-corrected chi connectivity index (χ0v) is 15.2. The first kappa shape index (κ1) is 16.2. The number of hydrogen-bond acceptors (Lipinski definition) is 4. The molecule has 0 N–H and O–H groups in total. The fraction of sp³-hybridized carbons (Fsp3) is 0.333. The monoisotopic (exact) mass is 402 g/mol.